The van der Waals surface area contributed by atoms with Crippen molar-refractivity contribution in [2.45, 2.75) is 19.3 Å². The summed E-state index contributed by atoms with van der Waals surface area (Å²) < 4.78 is 6.78. The highest BCUT2D eigenvalue weighted by Crippen LogP contribution is 2.24. The van der Waals surface area contributed by atoms with E-state index in [4.69, 9.17) is 4.74 Å². The van der Waals surface area contributed by atoms with E-state index in [1.807, 2.05) is 30.3 Å². The van der Waals surface area contributed by atoms with Gasteiger partial charge in [-0.25, -0.2) is 9.78 Å². The first kappa shape index (κ1) is 15.4. The van der Waals surface area contributed by atoms with Crippen molar-refractivity contribution < 1.29 is 14.3 Å². The molecule has 126 valence electrons. The summed E-state index contributed by atoms with van der Waals surface area (Å²) in [6, 6.07) is 11.4. The Labute approximate surface area is 144 Å². The smallest absolute Gasteiger partial charge is 0.359 e. The van der Waals surface area contributed by atoms with Crippen molar-refractivity contribution in [2.75, 3.05) is 11.9 Å². The van der Waals surface area contributed by atoms with Gasteiger partial charge in [-0.15, -0.1) is 0 Å². The topological polar surface area (TPSA) is 72.7 Å². The van der Waals surface area contributed by atoms with Crippen molar-refractivity contribution in [3.05, 3.63) is 65.6 Å². The summed E-state index contributed by atoms with van der Waals surface area (Å²) >= 11 is 0. The van der Waals surface area contributed by atoms with E-state index in [-0.39, 0.29) is 18.2 Å². The molecule has 3 aromatic rings. The van der Waals surface area contributed by atoms with Gasteiger partial charge in [0, 0.05) is 18.1 Å². The maximum Gasteiger partial charge on any atom is 0.359 e. The molecule has 0 saturated carbocycles. The number of carbonyl (C=O) groups is 2. The Balaban J connectivity index is 1.35. The number of fused-ring (bicyclic) bond motifs is 2. The molecule has 1 N–H and O–H groups in total. The summed E-state index contributed by atoms with van der Waals surface area (Å²) in [7, 11) is 0. The van der Waals surface area contributed by atoms with Crippen LogP contribution in [0.4, 0.5) is 5.69 Å². The molecule has 0 spiro atoms. The Kier molecular flexibility index (Phi) is 3.93. The van der Waals surface area contributed by atoms with E-state index in [0.717, 1.165) is 24.9 Å². The number of aromatic nitrogens is 2. The molecular formula is C19H17N3O3. The number of nitrogens with zero attached hydrogens (tertiary/aromatic N) is 2. The van der Waals surface area contributed by atoms with Crippen molar-refractivity contribution >= 4 is 23.2 Å². The van der Waals surface area contributed by atoms with E-state index in [0.29, 0.717) is 5.65 Å². The van der Waals surface area contributed by atoms with Gasteiger partial charge in [0.05, 0.1) is 0 Å². The summed E-state index contributed by atoms with van der Waals surface area (Å²) in [6.45, 7) is -0.343. The number of ether oxygens (including phenoxy) is 1. The Hall–Kier alpha value is -3.15. The minimum absolute atomic E-state index is 0.177. The molecule has 1 aliphatic rings. The maximum absolute atomic E-state index is 12.0. The molecule has 0 radical (unpaired) electrons. The van der Waals surface area contributed by atoms with Crippen LogP contribution in [-0.4, -0.2) is 27.9 Å². The maximum atomic E-state index is 12.0. The van der Waals surface area contributed by atoms with Gasteiger partial charge < -0.3 is 14.5 Å². The Morgan fingerprint density at radius 3 is 2.92 bits per heavy atom. The number of hydrogen-bond acceptors (Lipinski definition) is 4. The van der Waals surface area contributed by atoms with Crippen molar-refractivity contribution in [2.24, 2.45) is 0 Å². The lowest BCUT2D eigenvalue weighted by Crippen LogP contribution is -2.21. The van der Waals surface area contributed by atoms with Gasteiger partial charge in [0.1, 0.15) is 5.65 Å². The largest absolute Gasteiger partial charge is 0.451 e. The van der Waals surface area contributed by atoms with Crippen LogP contribution in [0.3, 0.4) is 0 Å². The molecule has 4 rings (SSSR count). The average Bonchev–Trinajstić information content (AvgIpc) is 3.25. The van der Waals surface area contributed by atoms with Crippen LogP contribution >= 0.6 is 0 Å². The molecule has 0 fully saturated rings. The highest BCUT2D eigenvalue weighted by atomic mass is 16.5. The number of nitrogens with one attached hydrogen (secondary N) is 1. The zero-order chi connectivity index (χ0) is 17.2. The van der Waals surface area contributed by atoms with Gasteiger partial charge in [-0.3, -0.25) is 4.79 Å². The molecule has 1 aliphatic carbocycles. The third-order valence-corrected chi connectivity index (χ3v) is 4.29. The van der Waals surface area contributed by atoms with Gasteiger partial charge >= 0.3 is 5.97 Å². The van der Waals surface area contributed by atoms with E-state index in [2.05, 4.69) is 10.3 Å². The number of pyridine rings is 1. The number of anilines is 1. The molecule has 2 heterocycles. The van der Waals surface area contributed by atoms with Crippen molar-refractivity contribution in [3.8, 4) is 0 Å². The number of rotatable bonds is 4. The second-order valence-corrected chi connectivity index (χ2v) is 6.05. The molecule has 2 aromatic heterocycles. The van der Waals surface area contributed by atoms with Crippen LogP contribution in [0, 0.1) is 0 Å². The minimum Gasteiger partial charge on any atom is -0.451 e. The molecule has 0 atom stereocenters. The zero-order valence-electron chi connectivity index (χ0n) is 13.6. The normalized spacial score (nSPS) is 12.8. The van der Waals surface area contributed by atoms with Gasteiger partial charge in [-0.05, 0) is 54.7 Å². The second kappa shape index (κ2) is 6.39. The van der Waals surface area contributed by atoms with Crippen molar-refractivity contribution in [1.29, 1.82) is 0 Å². The summed E-state index contributed by atoms with van der Waals surface area (Å²) in [4.78, 5) is 28.2. The summed E-state index contributed by atoms with van der Waals surface area (Å²) in [5.74, 6) is -0.983. The Bertz CT molecular complexity index is 928. The van der Waals surface area contributed by atoms with Gasteiger partial charge in [0.2, 0.25) is 0 Å². The molecule has 0 unspecified atom stereocenters. The Morgan fingerprint density at radius 1 is 1.16 bits per heavy atom. The highest BCUT2D eigenvalue weighted by molar-refractivity contribution is 5.95. The molecule has 1 amide bonds. The highest BCUT2D eigenvalue weighted by Gasteiger charge is 2.15. The SMILES string of the molecule is O=C(COC(=O)c1cn2ccccc2n1)Nc1ccc2c(c1)CCC2. The number of carbonyl (C=O) groups excluding carboxylic acids is 2. The van der Waals surface area contributed by atoms with Gasteiger partial charge in [-0.1, -0.05) is 12.1 Å². The average molecular weight is 335 g/mol. The number of aryl methyl sites for hydroxylation is 2. The first-order chi connectivity index (χ1) is 12.2. The third-order valence-electron chi connectivity index (χ3n) is 4.29. The summed E-state index contributed by atoms with van der Waals surface area (Å²) in [5.41, 5.74) is 4.18. The number of imidazole rings is 1. The Morgan fingerprint density at radius 2 is 2.04 bits per heavy atom. The van der Waals surface area contributed by atoms with Gasteiger partial charge in [-0.2, -0.15) is 0 Å². The fraction of sp³-hybridized carbons (Fsp3) is 0.211. The standard InChI is InChI=1S/C19H17N3O3/c23-18(20-15-8-7-13-4-3-5-14(13)10-15)12-25-19(24)16-11-22-9-2-1-6-17(22)21-16/h1-2,6-11H,3-5,12H2,(H,20,23). The molecule has 0 bridgehead atoms. The van der Waals surface area contributed by atoms with E-state index in [1.54, 1.807) is 22.9 Å². The molecular weight excluding hydrogens is 318 g/mol. The van der Waals surface area contributed by atoms with E-state index in [1.165, 1.54) is 11.1 Å². The third kappa shape index (κ3) is 3.24. The second-order valence-electron chi connectivity index (χ2n) is 6.05. The van der Waals surface area contributed by atoms with E-state index < -0.39 is 5.97 Å². The van der Waals surface area contributed by atoms with Crippen LogP contribution in [0.15, 0.2) is 48.8 Å². The molecule has 25 heavy (non-hydrogen) atoms. The molecule has 6 nitrogen and oxygen atoms in total. The first-order valence-electron chi connectivity index (χ1n) is 8.21. The van der Waals surface area contributed by atoms with Crippen LogP contribution in [0.1, 0.15) is 28.0 Å². The lowest BCUT2D eigenvalue weighted by molar-refractivity contribution is -0.119. The van der Waals surface area contributed by atoms with E-state index in [9.17, 15) is 9.59 Å². The summed E-state index contributed by atoms with van der Waals surface area (Å²) in [6.07, 6.45) is 6.67. The molecule has 1 aromatic carbocycles. The van der Waals surface area contributed by atoms with Gasteiger partial charge in [0.15, 0.2) is 12.3 Å². The summed E-state index contributed by atoms with van der Waals surface area (Å²) in [5, 5.41) is 2.76. The van der Waals surface area contributed by atoms with Crippen LogP contribution in [-0.2, 0) is 22.4 Å². The number of esters is 1. The molecule has 0 saturated heterocycles. The fourth-order valence-corrected chi connectivity index (χ4v) is 3.08. The van der Waals surface area contributed by atoms with Crippen LogP contribution in [0.25, 0.3) is 5.65 Å². The predicted octanol–water partition coefficient (Wildman–Crippen LogP) is 2.62. The molecule has 0 aliphatic heterocycles. The monoisotopic (exact) mass is 335 g/mol. The van der Waals surface area contributed by atoms with Crippen LogP contribution in [0.5, 0.6) is 0 Å². The van der Waals surface area contributed by atoms with Crippen LogP contribution < -0.4 is 5.32 Å². The van der Waals surface area contributed by atoms with E-state index >= 15 is 0 Å². The predicted molar refractivity (Wildman–Crippen MR) is 92.6 cm³/mol. The number of benzene rings is 1. The minimum atomic E-state index is -0.618. The van der Waals surface area contributed by atoms with Crippen molar-refractivity contribution in [1.82, 2.24) is 9.38 Å². The molecule has 6 heteroatoms. The first-order valence-corrected chi connectivity index (χ1v) is 8.21. The zero-order valence-corrected chi connectivity index (χ0v) is 13.6. The lowest BCUT2D eigenvalue weighted by atomic mass is 10.1. The van der Waals surface area contributed by atoms with Crippen LogP contribution in [0.2, 0.25) is 0 Å². The fourth-order valence-electron chi connectivity index (χ4n) is 3.08. The quantitative estimate of drug-likeness (QED) is 0.744. The van der Waals surface area contributed by atoms with Crippen molar-refractivity contribution in [3.63, 3.8) is 0 Å². The number of amides is 1. The number of hydrogen-bond donors (Lipinski definition) is 1. The lowest BCUT2D eigenvalue weighted by Gasteiger charge is -2.07. The van der Waals surface area contributed by atoms with Gasteiger partial charge in [0.25, 0.3) is 5.91 Å².